The number of hydrogen-bond acceptors (Lipinski definition) is 1. The SMILES string of the molecule is Brc1cccc(CCCNC2CCCC2)c1. The summed E-state index contributed by atoms with van der Waals surface area (Å²) in [6.07, 6.45) is 8.03. The van der Waals surface area contributed by atoms with Gasteiger partial charge in [0.1, 0.15) is 0 Å². The molecule has 0 aliphatic heterocycles. The molecule has 0 saturated heterocycles. The molecule has 1 N–H and O–H groups in total. The maximum atomic E-state index is 3.65. The van der Waals surface area contributed by atoms with E-state index in [0.29, 0.717) is 0 Å². The molecule has 0 amide bonds. The zero-order chi connectivity index (χ0) is 11.2. The van der Waals surface area contributed by atoms with Gasteiger partial charge in [-0.15, -0.1) is 0 Å². The van der Waals surface area contributed by atoms with Gasteiger partial charge in [0.25, 0.3) is 0 Å². The van der Waals surface area contributed by atoms with Crippen molar-refractivity contribution in [3.8, 4) is 0 Å². The van der Waals surface area contributed by atoms with Crippen molar-refractivity contribution in [1.82, 2.24) is 5.32 Å². The van der Waals surface area contributed by atoms with Crippen LogP contribution < -0.4 is 5.32 Å². The van der Waals surface area contributed by atoms with Gasteiger partial charge in [-0.25, -0.2) is 0 Å². The molecule has 2 heteroatoms. The highest BCUT2D eigenvalue weighted by Crippen LogP contribution is 2.17. The molecule has 1 saturated carbocycles. The van der Waals surface area contributed by atoms with E-state index in [0.717, 1.165) is 12.6 Å². The second-order valence-electron chi connectivity index (χ2n) is 4.67. The molecule has 1 aliphatic rings. The number of halogens is 1. The molecule has 88 valence electrons. The number of benzene rings is 1. The van der Waals surface area contributed by atoms with Crippen LogP contribution in [-0.4, -0.2) is 12.6 Å². The van der Waals surface area contributed by atoms with Gasteiger partial charge in [-0.3, -0.25) is 0 Å². The standard InChI is InChI=1S/C14H20BrN/c15-13-7-3-5-12(11-13)6-4-10-16-14-8-1-2-9-14/h3,5,7,11,14,16H,1-2,4,6,8-10H2. The van der Waals surface area contributed by atoms with E-state index in [9.17, 15) is 0 Å². The summed E-state index contributed by atoms with van der Waals surface area (Å²) in [6, 6.07) is 9.43. The van der Waals surface area contributed by atoms with Crippen LogP contribution in [0.3, 0.4) is 0 Å². The third kappa shape index (κ3) is 3.91. The Labute approximate surface area is 107 Å². The largest absolute Gasteiger partial charge is 0.314 e. The van der Waals surface area contributed by atoms with Crippen LogP contribution in [0.2, 0.25) is 0 Å². The van der Waals surface area contributed by atoms with E-state index in [4.69, 9.17) is 0 Å². The average Bonchev–Trinajstić information content (AvgIpc) is 2.77. The highest BCUT2D eigenvalue weighted by atomic mass is 79.9. The Morgan fingerprint density at radius 1 is 1.25 bits per heavy atom. The second-order valence-corrected chi connectivity index (χ2v) is 5.58. The van der Waals surface area contributed by atoms with Crippen molar-refractivity contribution < 1.29 is 0 Å². The summed E-state index contributed by atoms with van der Waals surface area (Å²) in [5.41, 5.74) is 1.43. The Balaban J connectivity index is 1.64. The lowest BCUT2D eigenvalue weighted by Crippen LogP contribution is -2.27. The minimum atomic E-state index is 0.808. The van der Waals surface area contributed by atoms with E-state index in [1.54, 1.807) is 0 Å². The Morgan fingerprint density at radius 3 is 2.81 bits per heavy atom. The average molecular weight is 282 g/mol. The van der Waals surface area contributed by atoms with Crippen LogP contribution in [0.25, 0.3) is 0 Å². The summed E-state index contributed by atoms with van der Waals surface area (Å²) in [7, 11) is 0. The number of aryl methyl sites for hydroxylation is 1. The molecule has 1 fully saturated rings. The molecule has 0 unspecified atom stereocenters. The van der Waals surface area contributed by atoms with E-state index in [1.807, 2.05) is 0 Å². The molecule has 0 aromatic heterocycles. The molecule has 1 aromatic rings. The van der Waals surface area contributed by atoms with Gasteiger partial charge in [-0.05, 0) is 49.9 Å². The van der Waals surface area contributed by atoms with Crippen LogP contribution in [0, 0.1) is 0 Å². The fourth-order valence-electron chi connectivity index (χ4n) is 2.42. The molecule has 0 heterocycles. The zero-order valence-corrected chi connectivity index (χ0v) is 11.3. The van der Waals surface area contributed by atoms with Gasteiger partial charge in [0.15, 0.2) is 0 Å². The lowest BCUT2D eigenvalue weighted by atomic mass is 10.1. The fourth-order valence-corrected chi connectivity index (χ4v) is 2.87. The van der Waals surface area contributed by atoms with Crippen molar-refractivity contribution in [2.45, 2.75) is 44.6 Å². The van der Waals surface area contributed by atoms with Gasteiger partial charge in [0.2, 0.25) is 0 Å². The van der Waals surface area contributed by atoms with Crippen molar-refractivity contribution in [2.24, 2.45) is 0 Å². The zero-order valence-electron chi connectivity index (χ0n) is 9.71. The molecule has 2 rings (SSSR count). The molecule has 1 aromatic carbocycles. The van der Waals surface area contributed by atoms with Crippen molar-refractivity contribution >= 4 is 15.9 Å². The number of rotatable bonds is 5. The monoisotopic (exact) mass is 281 g/mol. The summed E-state index contributed by atoms with van der Waals surface area (Å²) in [4.78, 5) is 0. The number of hydrogen-bond donors (Lipinski definition) is 1. The van der Waals surface area contributed by atoms with Crippen molar-refractivity contribution in [2.75, 3.05) is 6.54 Å². The Morgan fingerprint density at radius 2 is 2.06 bits per heavy atom. The molecule has 0 spiro atoms. The van der Waals surface area contributed by atoms with Crippen LogP contribution >= 0.6 is 15.9 Å². The van der Waals surface area contributed by atoms with Gasteiger partial charge in [0, 0.05) is 10.5 Å². The first kappa shape index (κ1) is 12.1. The lowest BCUT2D eigenvalue weighted by Gasteiger charge is -2.11. The van der Waals surface area contributed by atoms with Gasteiger partial charge in [-0.2, -0.15) is 0 Å². The van der Waals surface area contributed by atoms with E-state index >= 15 is 0 Å². The third-order valence-corrected chi connectivity index (χ3v) is 3.81. The minimum absolute atomic E-state index is 0.808. The van der Waals surface area contributed by atoms with Crippen LogP contribution in [0.15, 0.2) is 28.7 Å². The predicted molar refractivity (Wildman–Crippen MR) is 72.7 cm³/mol. The van der Waals surface area contributed by atoms with Crippen molar-refractivity contribution in [3.63, 3.8) is 0 Å². The highest BCUT2D eigenvalue weighted by molar-refractivity contribution is 9.10. The molecule has 0 bridgehead atoms. The van der Waals surface area contributed by atoms with Crippen LogP contribution in [-0.2, 0) is 6.42 Å². The first-order valence-electron chi connectivity index (χ1n) is 6.32. The first-order chi connectivity index (χ1) is 7.84. The molecular formula is C14H20BrN. The molecule has 1 nitrogen and oxygen atoms in total. The molecule has 1 aliphatic carbocycles. The second kappa shape index (κ2) is 6.41. The quantitative estimate of drug-likeness (QED) is 0.807. The Bertz CT molecular complexity index is 318. The lowest BCUT2D eigenvalue weighted by molar-refractivity contribution is 0.515. The summed E-state index contributed by atoms with van der Waals surface area (Å²) in [6.45, 7) is 1.16. The highest BCUT2D eigenvalue weighted by Gasteiger charge is 2.12. The van der Waals surface area contributed by atoms with Gasteiger partial charge >= 0.3 is 0 Å². The molecule has 0 atom stereocenters. The van der Waals surface area contributed by atoms with Crippen LogP contribution in [0.4, 0.5) is 0 Å². The normalized spacial score (nSPS) is 16.8. The van der Waals surface area contributed by atoms with Crippen molar-refractivity contribution in [1.29, 1.82) is 0 Å². The van der Waals surface area contributed by atoms with E-state index in [2.05, 4.69) is 45.5 Å². The topological polar surface area (TPSA) is 12.0 Å². The summed E-state index contributed by atoms with van der Waals surface area (Å²) in [5, 5.41) is 3.65. The van der Waals surface area contributed by atoms with Crippen LogP contribution in [0.1, 0.15) is 37.7 Å². The first-order valence-corrected chi connectivity index (χ1v) is 7.12. The van der Waals surface area contributed by atoms with Gasteiger partial charge < -0.3 is 5.32 Å². The summed E-state index contributed by atoms with van der Waals surface area (Å²) >= 11 is 3.51. The molecule has 16 heavy (non-hydrogen) atoms. The van der Waals surface area contributed by atoms with E-state index < -0.39 is 0 Å². The predicted octanol–water partition coefficient (Wildman–Crippen LogP) is 3.91. The summed E-state index contributed by atoms with van der Waals surface area (Å²) < 4.78 is 1.19. The smallest absolute Gasteiger partial charge is 0.0177 e. The van der Waals surface area contributed by atoms with E-state index in [-0.39, 0.29) is 0 Å². The van der Waals surface area contributed by atoms with Crippen LogP contribution in [0.5, 0.6) is 0 Å². The number of nitrogens with one attached hydrogen (secondary N) is 1. The van der Waals surface area contributed by atoms with E-state index in [1.165, 1.54) is 48.6 Å². The Hall–Kier alpha value is -0.340. The minimum Gasteiger partial charge on any atom is -0.314 e. The maximum absolute atomic E-state index is 3.65. The summed E-state index contributed by atoms with van der Waals surface area (Å²) in [5.74, 6) is 0. The Kier molecular flexibility index (Phi) is 4.86. The molecule has 0 radical (unpaired) electrons. The molecular weight excluding hydrogens is 262 g/mol. The van der Waals surface area contributed by atoms with Gasteiger partial charge in [0.05, 0.1) is 0 Å². The van der Waals surface area contributed by atoms with Crippen molar-refractivity contribution in [3.05, 3.63) is 34.3 Å². The fraction of sp³-hybridized carbons (Fsp3) is 0.571. The third-order valence-electron chi connectivity index (χ3n) is 3.32. The maximum Gasteiger partial charge on any atom is 0.0177 e. The van der Waals surface area contributed by atoms with Gasteiger partial charge in [-0.1, -0.05) is 40.9 Å².